The van der Waals surface area contributed by atoms with Crippen LogP contribution in [0.25, 0.3) is 0 Å². The van der Waals surface area contributed by atoms with Crippen LogP contribution in [-0.2, 0) is 22.7 Å². The number of halogens is 4. The molecule has 2 N–H and O–H groups in total. The first kappa shape index (κ1) is 18.9. The fourth-order valence-electron chi connectivity index (χ4n) is 3.02. The Morgan fingerprint density at radius 3 is 2.58 bits per heavy atom. The molecule has 140 valence electrons. The third kappa shape index (κ3) is 3.65. The number of aromatic nitrogens is 1. The standard InChI is InChI=1S/C16H14ClF3N2O3S/c1-8-12-6-11(26(23,24)25)3-2-9(12)4-14(8)22-15-13(17)5-10(7-21-15)16(18,19)20/h2-3,5-8,14H,4H2,1H3,(H,21,22)(H,23,24,25). The molecule has 1 aromatic heterocycles. The van der Waals surface area contributed by atoms with E-state index in [4.69, 9.17) is 11.6 Å². The number of benzene rings is 1. The van der Waals surface area contributed by atoms with E-state index in [2.05, 4.69) is 10.3 Å². The van der Waals surface area contributed by atoms with Crippen molar-refractivity contribution in [3.8, 4) is 0 Å². The molecule has 0 bridgehead atoms. The van der Waals surface area contributed by atoms with Gasteiger partial charge in [0.2, 0.25) is 0 Å². The molecule has 0 spiro atoms. The highest BCUT2D eigenvalue weighted by molar-refractivity contribution is 7.85. The van der Waals surface area contributed by atoms with Crippen LogP contribution in [-0.4, -0.2) is 24.0 Å². The number of pyridine rings is 1. The van der Waals surface area contributed by atoms with Crippen molar-refractivity contribution in [1.82, 2.24) is 4.98 Å². The molecular weight excluding hydrogens is 393 g/mol. The van der Waals surface area contributed by atoms with Gasteiger partial charge in [-0.15, -0.1) is 0 Å². The Hall–Kier alpha value is -1.84. The van der Waals surface area contributed by atoms with Crippen molar-refractivity contribution in [2.24, 2.45) is 0 Å². The lowest BCUT2D eigenvalue weighted by atomic mass is 10.0. The minimum Gasteiger partial charge on any atom is -0.365 e. The van der Waals surface area contributed by atoms with Crippen molar-refractivity contribution in [2.45, 2.75) is 36.4 Å². The number of nitrogens with zero attached hydrogens (tertiary/aromatic N) is 1. The second-order valence-corrected chi connectivity index (χ2v) is 7.96. The highest BCUT2D eigenvalue weighted by atomic mass is 35.5. The summed E-state index contributed by atoms with van der Waals surface area (Å²) in [5, 5.41) is 2.87. The largest absolute Gasteiger partial charge is 0.417 e. The molecule has 26 heavy (non-hydrogen) atoms. The number of rotatable bonds is 3. The Morgan fingerprint density at radius 2 is 2.00 bits per heavy atom. The van der Waals surface area contributed by atoms with E-state index in [-0.39, 0.29) is 27.7 Å². The zero-order valence-corrected chi connectivity index (χ0v) is 15.0. The molecule has 2 aromatic rings. The molecule has 0 amide bonds. The topological polar surface area (TPSA) is 79.3 Å². The minimum atomic E-state index is -4.53. The summed E-state index contributed by atoms with van der Waals surface area (Å²) in [5.41, 5.74) is 0.680. The lowest BCUT2D eigenvalue weighted by Crippen LogP contribution is -2.23. The first-order valence-electron chi connectivity index (χ1n) is 7.56. The van der Waals surface area contributed by atoms with Crippen molar-refractivity contribution in [3.05, 3.63) is 52.2 Å². The van der Waals surface area contributed by atoms with E-state index in [0.29, 0.717) is 12.6 Å². The van der Waals surface area contributed by atoms with Gasteiger partial charge in [-0.25, -0.2) is 4.98 Å². The smallest absolute Gasteiger partial charge is 0.365 e. The quantitative estimate of drug-likeness (QED) is 0.749. The number of fused-ring (bicyclic) bond motifs is 1. The van der Waals surface area contributed by atoms with Gasteiger partial charge in [-0.2, -0.15) is 21.6 Å². The fraction of sp³-hybridized carbons (Fsp3) is 0.312. The van der Waals surface area contributed by atoms with E-state index < -0.39 is 21.9 Å². The molecule has 0 fully saturated rings. The van der Waals surface area contributed by atoms with Gasteiger partial charge >= 0.3 is 6.18 Å². The number of hydrogen-bond acceptors (Lipinski definition) is 4. The van der Waals surface area contributed by atoms with E-state index in [1.807, 2.05) is 6.92 Å². The summed E-state index contributed by atoms with van der Waals surface area (Å²) in [6.07, 6.45) is -3.31. The van der Waals surface area contributed by atoms with Crippen molar-refractivity contribution in [3.63, 3.8) is 0 Å². The van der Waals surface area contributed by atoms with E-state index in [9.17, 15) is 26.1 Å². The third-order valence-corrected chi connectivity index (χ3v) is 5.58. The molecule has 2 atom stereocenters. The Balaban J connectivity index is 1.84. The highest BCUT2D eigenvalue weighted by Crippen LogP contribution is 2.38. The normalized spacial score (nSPS) is 20.1. The molecule has 10 heteroatoms. The summed E-state index contributed by atoms with van der Waals surface area (Å²) in [7, 11) is -4.31. The SMILES string of the molecule is CC1c2cc(S(=O)(=O)O)ccc2CC1Nc1ncc(C(F)(F)F)cc1Cl. The molecule has 0 radical (unpaired) electrons. The Labute approximate surface area is 153 Å². The highest BCUT2D eigenvalue weighted by Gasteiger charge is 2.33. The average Bonchev–Trinajstić information content (AvgIpc) is 2.83. The zero-order valence-electron chi connectivity index (χ0n) is 13.4. The van der Waals surface area contributed by atoms with Gasteiger partial charge < -0.3 is 5.32 Å². The zero-order chi connectivity index (χ0) is 19.3. The van der Waals surface area contributed by atoms with Gasteiger partial charge in [0.05, 0.1) is 15.5 Å². The number of nitrogens with one attached hydrogen (secondary N) is 1. The van der Waals surface area contributed by atoms with Crippen LogP contribution in [0.15, 0.2) is 35.4 Å². The molecule has 1 aromatic carbocycles. The average molecular weight is 407 g/mol. The summed E-state index contributed by atoms with van der Waals surface area (Å²) in [6.45, 7) is 1.84. The molecule has 1 aliphatic rings. The van der Waals surface area contributed by atoms with Gasteiger partial charge in [-0.3, -0.25) is 4.55 Å². The summed E-state index contributed by atoms with van der Waals surface area (Å²) in [5.74, 6) is -0.0359. The maximum Gasteiger partial charge on any atom is 0.417 e. The van der Waals surface area contributed by atoms with Crippen molar-refractivity contribution in [2.75, 3.05) is 5.32 Å². The van der Waals surface area contributed by atoms with Crippen molar-refractivity contribution >= 4 is 27.5 Å². The van der Waals surface area contributed by atoms with Gasteiger partial charge in [-0.1, -0.05) is 24.6 Å². The van der Waals surface area contributed by atoms with Crippen LogP contribution in [0.5, 0.6) is 0 Å². The summed E-state index contributed by atoms with van der Waals surface area (Å²) in [4.78, 5) is 3.56. The Morgan fingerprint density at radius 1 is 1.31 bits per heavy atom. The maximum absolute atomic E-state index is 12.7. The van der Waals surface area contributed by atoms with E-state index >= 15 is 0 Å². The molecule has 1 aliphatic carbocycles. The molecule has 5 nitrogen and oxygen atoms in total. The molecular formula is C16H14ClF3N2O3S. The third-order valence-electron chi connectivity index (χ3n) is 4.44. The fourth-order valence-corrected chi connectivity index (χ4v) is 3.76. The predicted molar refractivity (Wildman–Crippen MR) is 90.0 cm³/mol. The molecule has 0 aliphatic heterocycles. The summed E-state index contributed by atoms with van der Waals surface area (Å²) >= 11 is 5.92. The minimum absolute atomic E-state index is 0.124. The maximum atomic E-state index is 12.7. The monoisotopic (exact) mass is 406 g/mol. The van der Waals surface area contributed by atoms with Gasteiger partial charge in [0.25, 0.3) is 10.1 Å². The van der Waals surface area contributed by atoms with Crippen LogP contribution in [0.1, 0.15) is 29.5 Å². The van der Waals surface area contributed by atoms with Crippen LogP contribution in [0.3, 0.4) is 0 Å². The predicted octanol–water partition coefficient (Wildman–Crippen LogP) is 4.14. The first-order valence-corrected chi connectivity index (χ1v) is 9.38. The second kappa shape index (κ2) is 6.40. The van der Waals surface area contributed by atoms with Crippen LogP contribution < -0.4 is 5.32 Å². The van der Waals surface area contributed by atoms with Crippen molar-refractivity contribution in [1.29, 1.82) is 0 Å². The number of hydrogen-bond donors (Lipinski definition) is 2. The van der Waals surface area contributed by atoms with E-state index in [1.54, 1.807) is 6.07 Å². The molecule has 3 rings (SSSR count). The Kier molecular flexibility index (Phi) is 4.66. The van der Waals surface area contributed by atoms with E-state index in [1.165, 1.54) is 12.1 Å². The molecule has 0 saturated carbocycles. The van der Waals surface area contributed by atoms with Crippen LogP contribution in [0.2, 0.25) is 5.02 Å². The van der Waals surface area contributed by atoms with E-state index in [0.717, 1.165) is 17.2 Å². The lowest BCUT2D eigenvalue weighted by molar-refractivity contribution is -0.137. The summed E-state index contributed by atoms with van der Waals surface area (Å²) in [6, 6.07) is 4.90. The Bertz CT molecular complexity index is 964. The van der Waals surface area contributed by atoms with Crippen LogP contribution >= 0.6 is 11.6 Å². The van der Waals surface area contributed by atoms with Gasteiger partial charge in [0.1, 0.15) is 5.82 Å². The second-order valence-electron chi connectivity index (χ2n) is 6.13. The number of alkyl halides is 3. The molecule has 1 heterocycles. The lowest BCUT2D eigenvalue weighted by Gasteiger charge is -2.20. The molecule has 0 saturated heterocycles. The van der Waals surface area contributed by atoms with Gasteiger partial charge in [-0.05, 0) is 35.7 Å². The number of anilines is 1. The van der Waals surface area contributed by atoms with Gasteiger partial charge in [0, 0.05) is 18.2 Å². The van der Waals surface area contributed by atoms with Crippen LogP contribution in [0.4, 0.5) is 19.0 Å². The first-order chi connectivity index (χ1) is 12.0. The summed E-state index contributed by atoms with van der Waals surface area (Å²) < 4.78 is 69.8. The van der Waals surface area contributed by atoms with Gasteiger partial charge in [0.15, 0.2) is 0 Å². The van der Waals surface area contributed by atoms with Crippen LogP contribution in [0, 0.1) is 0 Å². The van der Waals surface area contributed by atoms with Crippen molar-refractivity contribution < 1.29 is 26.1 Å². The molecule has 2 unspecified atom stereocenters.